The average molecular weight is 279 g/mol. The topological polar surface area (TPSA) is 21.3 Å². The van der Waals surface area contributed by atoms with Crippen molar-refractivity contribution in [3.63, 3.8) is 0 Å². The molecule has 0 aliphatic heterocycles. The highest BCUT2D eigenvalue weighted by Gasteiger charge is 2.27. The Balaban J connectivity index is 2.35. The molecule has 0 spiro atoms. The summed E-state index contributed by atoms with van der Waals surface area (Å²) in [5, 5.41) is 3.10. The van der Waals surface area contributed by atoms with Crippen LogP contribution >= 0.6 is 11.8 Å². The molecule has 1 aromatic carbocycles. The molecule has 0 aromatic heterocycles. The lowest BCUT2D eigenvalue weighted by Gasteiger charge is -2.12. The van der Waals surface area contributed by atoms with Crippen LogP contribution in [0.3, 0.4) is 0 Å². The van der Waals surface area contributed by atoms with E-state index in [1.807, 2.05) is 26.1 Å². The maximum Gasteiger partial charge on any atom is 0.441 e. The molecule has 0 aliphatic carbocycles. The van der Waals surface area contributed by atoms with Crippen molar-refractivity contribution < 1.29 is 17.9 Å². The second-order valence-corrected chi connectivity index (χ2v) is 4.88. The molecule has 0 heterocycles. The van der Waals surface area contributed by atoms with Gasteiger partial charge in [-0.15, -0.1) is 0 Å². The molecular formula is C12H16F3NOS. The van der Waals surface area contributed by atoms with Crippen molar-refractivity contribution in [3.8, 4) is 5.75 Å². The third kappa shape index (κ3) is 5.64. The van der Waals surface area contributed by atoms with Gasteiger partial charge in [-0.1, -0.05) is 12.1 Å². The fourth-order valence-electron chi connectivity index (χ4n) is 1.34. The number of thioether (sulfide) groups is 1. The van der Waals surface area contributed by atoms with Crippen molar-refractivity contribution >= 4 is 11.8 Å². The summed E-state index contributed by atoms with van der Waals surface area (Å²) in [6.45, 7) is 2.07. The third-order valence-corrected chi connectivity index (χ3v) is 3.13. The maximum atomic E-state index is 11.9. The standard InChI is InChI=1S/C12H16F3NOS/c1-9(16-2)10-3-5-11(6-4-10)17-7-8-18-12(13,14)15/h3-6,9,16H,7-8H2,1-2H3. The average Bonchev–Trinajstić information content (AvgIpc) is 2.33. The molecule has 1 rings (SSSR count). The van der Waals surface area contributed by atoms with E-state index in [-0.39, 0.29) is 30.2 Å². The zero-order chi connectivity index (χ0) is 13.6. The smallest absolute Gasteiger partial charge is 0.441 e. The van der Waals surface area contributed by atoms with E-state index in [1.54, 1.807) is 12.1 Å². The van der Waals surface area contributed by atoms with Crippen LogP contribution in [0.25, 0.3) is 0 Å². The molecule has 0 saturated heterocycles. The van der Waals surface area contributed by atoms with Crippen molar-refractivity contribution in [2.45, 2.75) is 18.5 Å². The molecule has 102 valence electrons. The van der Waals surface area contributed by atoms with Crippen LogP contribution in [0.15, 0.2) is 24.3 Å². The number of ether oxygens (including phenoxy) is 1. The first-order valence-corrected chi connectivity index (χ1v) is 6.51. The van der Waals surface area contributed by atoms with E-state index < -0.39 is 5.51 Å². The van der Waals surface area contributed by atoms with Crippen LogP contribution in [0.5, 0.6) is 5.75 Å². The number of hydrogen-bond acceptors (Lipinski definition) is 3. The van der Waals surface area contributed by atoms with Gasteiger partial charge in [0, 0.05) is 11.8 Å². The minimum Gasteiger partial charge on any atom is -0.493 e. The summed E-state index contributed by atoms with van der Waals surface area (Å²) in [6.07, 6.45) is 0. The van der Waals surface area contributed by atoms with Gasteiger partial charge in [0.2, 0.25) is 0 Å². The summed E-state index contributed by atoms with van der Waals surface area (Å²) in [6, 6.07) is 7.56. The highest BCUT2D eigenvalue weighted by Crippen LogP contribution is 2.29. The Morgan fingerprint density at radius 3 is 2.39 bits per heavy atom. The van der Waals surface area contributed by atoms with E-state index in [0.29, 0.717) is 5.75 Å². The molecular weight excluding hydrogens is 263 g/mol. The molecule has 1 aromatic rings. The van der Waals surface area contributed by atoms with Gasteiger partial charge in [-0.05, 0) is 43.4 Å². The minimum absolute atomic E-state index is 0.0467. The van der Waals surface area contributed by atoms with Crippen LogP contribution in [0.4, 0.5) is 13.2 Å². The molecule has 0 amide bonds. The van der Waals surface area contributed by atoms with Gasteiger partial charge in [0.05, 0.1) is 6.61 Å². The lowest BCUT2D eigenvalue weighted by molar-refractivity contribution is -0.0329. The molecule has 18 heavy (non-hydrogen) atoms. The maximum absolute atomic E-state index is 11.9. The monoisotopic (exact) mass is 279 g/mol. The highest BCUT2D eigenvalue weighted by molar-refractivity contribution is 8.00. The van der Waals surface area contributed by atoms with Crippen molar-refractivity contribution in [2.24, 2.45) is 0 Å². The molecule has 0 radical (unpaired) electrons. The van der Waals surface area contributed by atoms with E-state index in [9.17, 15) is 13.2 Å². The Kier molecular flexibility index (Phi) is 5.81. The Morgan fingerprint density at radius 2 is 1.89 bits per heavy atom. The molecule has 1 unspecified atom stereocenters. The predicted octanol–water partition coefficient (Wildman–Crippen LogP) is 3.60. The number of alkyl halides is 3. The van der Waals surface area contributed by atoms with Gasteiger partial charge in [0.15, 0.2) is 0 Å². The molecule has 1 N–H and O–H groups in total. The summed E-state index contributed by atoms with van der Waals surface area (Å²) in [5.74, 6) is 0.489. The Morgan fingerprint density at radius 1 is 1.28 bits per heavy atom. The molecule has 6 heteroatoms. The molecule has 0 bridgehead atoms. The summed E-state index contributed by atoms with van der Waals surface area (Å²) < 4.78 is 40.8. The predicted molar refractivity (Wildman–Crippen MR) is 67.9 cm³/mol. The van der Waals surface area contributed by atoms with E-state index in [2.05, 4.69) is 5.32 Å². The number of rotatable bonds is 6. The summed E-state index contributed by atoms with van der Waals surface area (Å²) in [4.78, 5) is 0. The zero-order valence-corrected chi connectivity index (χ0v) is 11.1. The van der Waals surface area contributed by atoms with Crippen LogP contribution in [0, 0.1) is 0 Å². The summed E-state index contributed by atoms with van der Waals surface area (Å²) in [7, 11) is 1.86. The minimum atomic E-state index is -4.19. The van der Waals surface area contributed by atoms with Crippen LogP contribution in [0.1, 0.15) is 18.5 Å². The quantitative estimate of drug-likeness (QED) is 0.804. The number of halogens is 3. The SMILES string of the molecule is CNC(C)c1ccc(OCCSC(F)(F)F)cc1. The fourth-order valence-corrected chi connectivity index (χ4v) is 1.73. The first-order valence-electron chi connectivity index (χ1n) is 5.53. The van der Waals surface area contributed by atoms with Crippen LogP contribution in [-0.4, -0.2) is 24.9 Å². The Labute approximate surface area is 109 Å². The van der Waals surface area contributed by atoms with Crippen molar-refractivity contribution in [1.82, 2.24) is 5.32 Å². The Bertz CT molecular complexity index is 353. The Hall–Kier alpha value is -0.880. The summed E-state index contributed by atoms with van der Waals surface area (Å²) in [5.41, 5.74) is -3.08. The molecule has 0 saturated carbocycles. The van der Waals surface area contributed by atoms with Crippen LogP contribution in [0.2, 0.25) is 0 Å². The van der Waals surface area contributed by atoms with E-state index >= 15 is 0 Å². The molecule has 1 atom stereocenters. The second kappa shape index (κ2) is 6.89. The van der Waals surface area contributed by atoms with Crippen molar-refractivity contribution in [2.75, 3.05) is 19.4 Å². The first-order chi connectivity index (χ1) is 8.42. The van der Waals surface area contributed by atoms with E-state index in [4.69, 9.17) is 4.74 Å². The number of hydrogen-bond donors (Lipinski definition) is 1. The molecule has 0 fully saturated rings. The van der Waals surface area contributed by atoms with Gasteiger partial charge < -0.3 is 10.1 Å². The number of nitrogens with one attached hydrogen (secondary N) is 1. The number of benzene rings is 1. The van der Waals surface area contributed by atoms with Crippen LogP contribution < -0.4 is 10.1 Å². The van der Waals surface area contributed by atoms with Gasteiger partial charge >= 0.3 is 5.51 Å². The largest absolute Gasteiger partial charge is 0.493 e. The second-order valence-electron chi connectivity index (χ2n) is 3.72. The van der Waals surface area contributed by atoms with Crippen molar-refractivity contribution in [1.29, 1.82) is 0 Å². The fraction of sp³-hybridized carbons (Fsp3) is 0.500. The first kappa shape index (κ1) is 15.2. The normalized spacial score (nSPS) is 13.4. The lowest BCUT2D eigenvalue weighted by atomic mass is 10.1. The van der Waals surface area contributed by atoms with Gasteiger partial charge in [-0.2, -0.15) is 13.2 Å². The van der Waals surface area contributed by atoms with E-state index in [1.165, 1.54) is 0 Å². The lowest BCUT2D eigenvalue weighted by Crippen LogP contribution is -2.12. The molecule has 2 nitrogen and oxygen atoms in total. The van der Waals surface area contributed by atoms with Gasteiger partial charge in [-0.3, -0.25) is 0 Å². The van der Waals surface area contributed by atoms with Gasteiger partial charge in [0.1, 0.15) is 5.75 Å². The highest BCUT2D eigenvalue weighted by atomic mass is 32.2. The van der Waals surface area contributed by atoms with Gasteiger partial charge in [-0.25, -0.2) is 0 Å². The van der Waals surface area contributed by atoms with Crippen LogP contribution in [-0.2, 0) is 0 Å². The third-order valence-electron chi connectivity index (χ3n) is 2.43. The van der Waals surface area contributed by atoms with Gasteiger partial charge in [0.25, 0.3) is 0 Å². The molecule has 0 aliphatic rings. The van der Waals surface area contributed by atoms with Crippen molar-refractivity contribution in [3.05, 3.63) is 29.8 Å². The zero-order valence-electron chi connectivity index (χ0n) is 10.3. The van der Waals surface area contributed by atoms with E-state index in [0.717, 1.165) is 5.56 Å². The summed E-state index contributed by atoms with van der Waals surface area (Å²) >= 11 is -0.0705.